The van der Waals surface area contributed by atoms with Crippen LogP contribution in [0.5, 0.6) is 0 Å². The molecule has 0 aromatic carbocycles. The van der Waals surface area contributed by atoms with E-state index in [4.69, 9.17) is 10.5 Å². The summed E-state index contributed by atoms with van der Waals surface area (Å²) in [5.74, 6) is 0.221. The molecule has 0 bridgehead atoms. The molecule has 100 valence electrons. The van der Waals surface area contributed by atoms with Gasteiger partial charge in [-0.05, 0) is 26.2 Å². The van der Waals surface area contributed by atoms with Crippen molar-refractivity contribution in [3.05, 3.63) is 0 Å². The maximum Gasteiger partial charge on any atom is 0.227 e. The van der Waals surface area contributed by atoms with E-state index in [0.717, 1.165) is 45.4 Å². The Morgan fingerprint density at radius 1 is 1.53 bits per heavy atom. The minimum atomic E-state index is 0.000349. The summed E-state index contributed by atoms with van der Waals surface area (Å²) in [5, 5.41) is 0. The smallest absolute Gasteiger partial charge is 0.227 e. The zero-order valence-electron chi connectivity index (χ0n) is 11.2. The lowest BCUT2D eigenvalue weighted by Crippen LogP contribution is -2.47. The largest absolute Gasteiger partial charge is 0.377 e. The standard InChI is InChI=1S/C13H26N2O2/c1-3-6-11(9-14)13(16)15-8-5-7-12(10-15)17-4-2/h11-12H,3-10,14H2,1-2H3. The molecule has 1 amide bonds. The van der Waals surface area contributed by atoms with E-state index in [1.54, 1.807) is 0 Å². The van der Waals surface area contributed by atoms with Crippen LogP contribution >= 0.6 is 0 Å². The highest BCUT2D eigenvalue weighted by atomic mass is 16.5. The zero-order valence-corrected chi connectivity index (χ0v) is 11.2. The Balaban J connectivity index is 2.49. The molecule has 0 spiro atoms. The molecule has 2 atom stereocenters. The highest BCUT2D eigenvalue weighted by molar-refractivity contribution is 5.79. The summed E-state index contributed by atoms with van der Waals surface area (Å²) in [5.41, 5.74) is 5.68. The average Bonchev–Trinajstić information content (AvgIpc) is 2.36. The van der Waals surface area contributed by atoms with E-state index >= 15 is 0 Å². The molecule has 0 aromatic rings. The SMILES string of the molecule is CCCC(CN)C(=O)N1CCCC(OCC)C1. The molecule has 4 heteroatoms. The van der Waals surface area contributed by atoms with Gasteiger partial charge in [0.05, 0.1) is 12.0 Å². The van der Waals surface area contributed by atoms with Crippen LogP contribution in [0.25, 0.3) is 0 Å². The molecule has 0 aliphatic carbocycles. The molecule has 4 nitrogen and oxygen atoms in total. The molecule has 0 aromatic heterocycles. The van der Waals surface area contributed by atoms with Crippen molar-refractivity contribution in [1.82, 2.24) is 4.90 Å². The molecule has 1 aliphatic heterocycles. The highest BCUT2D eigenvalue weighted by Gasteiger charge is 2.27. The number of amides is 1. The lowest BCUT2D eigenvalue weighted by atomic mass is 10.00. The van der Waals surface area contributed by atoms with Gasteiger partial charge in [0.2, 0.25) is 5.91 Å². The predicted molar refractivity (Wildman–Crippen MR) is 68.7 cm³/mol. The number of carbonyl (C=O) groups is 1. The van der Waals surface area contributed by atoms with E-state index in [0.29, 0.717) is 6.54 Å². The van der Waals surface area contributed by atoms with Crippen molar-refractivity contribution in [1.29, 1.82) is 0 Å². The second-order valence-electron chi connectivity index (χ2n) is 4.73. The number of rotatable bonds is 6. The van der Waals surface area contributed by atoms with Gasteiger partial charge in [0, 0.05) is 26.2 Å². The van der Waals surface area contributed by atoms with Crippen LogP contribution in [0.2, 0.25) is 0 Å². The monoisotopic (exact) mass is 242 g/mol. The quantitative estimate of drug-likeness (QED) is 0.765. The van der Waals surface area contributed by atoms with Crippen LogP contribution in [0.15, 0.2) is 0 Å². The highest BCUT2D eigenvalue weighted by Crippen LogP contribution is 2.17. The molecule has 0 radical (unpaired) electrons. The van der Waals surface area contributed by atoms with Crippen LogP contribution in [-0.4, -0.2) is 43.2 Å². The number of hydrogen-bond acceptors (Lipinski definition) is 3. The van der Waals surface area contributed by atoms with E-state index in [-0.39, 0.29) is 17.9 Å². The predicted octanol–water partition coefficient (Wildman–Crippen LogP) is 1.39. The van der Waals surface area contributed by atoms with E-state index in [1.165, 1.54) is 0 Å². The normalized spacial score (nSPS) is 22.5. The van der Waals surface area contributed by atoms with E-state index in [9.17, 15) is 4.79 Å². The number of nitrogens with two attached hydrogens (primary N) is 1. The van der Waals surface area contributed by atoms with Crippen molar-refractivity contribution in [3.8, 4) is 0 Å². The first kappa shape index (κ1) is 14.5. The number of nitrogens with zero attached hydrogens (tertiary/aromatic N) is 1. The third-order valence-corrected chi connectivity index (χ3v) is 3.36. The topological polar surface area (TPSA) is 55.6 Å². The van der Waals surface area contributed by atoms with Crippen LogP contribution in [0.3, 0.4) is 0 Å². The summed E-state index contributed by atoms with van der Waals surface area (Å²) in [7, 11) is 0. The number of carbonyl (C=O) groups excluding carboxylic acids is 1. The third kappa shape index (κ3) is 4.28. The first-order chi connectivity index (χ1) is 8.22. The molecule has 2 unspecified atom stereocenters. The van der Waals surface area contributed by atoms with Crippen molar-refractivity contribution in [2.75, 3.05) is 26.2 Å². The van der Waals surface area contributed by atoms with Crippen LogP contribution in [0.4, 0.5) is 0 Å². The molecule has 1 fully saturated rings. The molecular formula is C13H26N2O2. The van der Waals surface area contributed by atoms with Gasteiger partial charge in [-0.3, -0.25) is 4.79 Å². The molecule has 1 aliphatic rings. The minimum absolute atomic E-state index is 0.000349. The Hall–Kier alpha value is -0.610. The molecule has 17 heavy (non-hydrogen) atoms. The summed E-state index contributed by atoms with van der Waals surface area (Å²) in [6.07, 6.45) is 4.23. The fourth-order valence-corrected chi connectivity index (χ4v) is 2.46. The Morgan fingerprint density at radius 3 is 2.88 bits per heavy atom. The number of likely N-dealkylation sites (tertiary alicyclic amines) is 1. The van der Waals surface area contributed by atoms with Gasteiger partial charge in [0.25, 0.3) is 0 Å². The Morgan fingerprint density at radius 2 is 2.29 bits per heavy atom. The minimum Gasteiger partial charge on any atom is -0.377 e. The molecule has 0 saturated carbocycles. The van der Waals surface area contributed by atoms with Gasteiger partial charge in [0.1, 0.15) is 0 Å². The van der Waals surface area contributed by atoms with Gasteiger partial charge in [-0.25, -0.2) is 0 Å². The molecule has 2 N–H and O–H groups in total. The summed E-state index contributed by atoms with van der Waals surface area (Å²) < 4.78 is 5.61. The third-order valence-electron chi connectivity index (χ3n) is 3.36. The van der Waals surface area contributed by atoms with Crippen LogP contribution < -0.4 is 5.73 Å². The average molecular weight is 242 g/mol. The lowest BCUT2D eigenvalue weighted by Gasteiger charge is -2.34. The molecule has 1 heterocycles. The van der Waals surface area contributed by atoms with Gasteiger partial charge < -0.3 is 15.4 Å². The van der Waals surface area contributed by atoms with E-state index in [1.807, 2.05) is 11.8 Å². The zero-order chi connectivity index (χ0) is 12.7. The van der Waals surface area contributed by atoms with Crippen molar-refractivity contribution in [2.24, 2.45) is 11.7 Å². The molecular weight excluding hydrogens is 216 g/mol. The molecule has 1 saturated heterocycles. The van der Waals surface area contributed by atoms with E-state index < -0.39 is 0 Å². The van der Waals surface area contributed by atoms with Crippen molar-refractivity contribution >= 4 is 5.91 Å². The second-order valence-corrected chi connectivity index (χ2v) is 4.73. The maximum absolute atomic E-state index is 12.3. The van der Waals surface area contributed by atoms with Crippen LogP contribution in [0, 0.1) is 5.92 Å². The fraction of sp³-hybridized carbons (Fsp3) is 0.923. The van der Waals surface area contributed by atoms with Crippen molar-refractivity contribution in [2.45, 2.75) is 45.6 Å². The molecule has 1 rings (SSSR count). The fourth-order valence-electron chi connectivity index (χ4n) is 2.46. The first-order valence-electron chi connectivity index (χ1n) is 6.83. The van der Waals surface area contributed by atoms with Gasteiger partial charge in [0.15, 0.2) is 0 Å². The summed E-state index contributed by atoms with van der Waals surface area (Å²) >= 11 is 0. The van der Waals surface area contributed by atoms with Gasteiger partial charge in [-0.2, -0.15) is 0 Å². The van der Waals surface area contributed by atoms with Crippen molar-refractivity contribution < 1.29 is 9.53 Å². The number of piperidine rings is 1. The van der Waals surface area contributed by atoms with Gasteiger partial charge in [-0.15, -0.1) is 0 Å². The number of hydrogen-bond donors (Lipinski definition) is 1. The first-order valence-corrected chi connectivity index (χ1v) is 6.83. The van der Waals surface area contributed by atoms with Gasteiger partial charge >= 0.3 is 0 Å². The maximum atomic E-state index is 12.3. The summed E-state index contributed by atoms with van der Waals surface area (Å²) in [4.78, 5) is 14.2. The Kier molecular flexibility index (Phi) is 6.52. The summed E-state index contributed by atoms with van der Waals surface area (Å²) in [6.45, 7) is 6.88. The van der Waals surface area contributed by atoms with Crippen LogP contribution in [0.1, 0.15) is 39.5 Å². The van der Waals surface area contributed by atoms with Crippen molar-refractivity contribution in [3.63, 3.8) is 0 Å². The van der Waals surface area contributed by atoms with Gasteiger partial charge in [-0.1, -0.05) is 13.3 Å². The summed E-state index contributed by atoms with van der Waals surface area (Å²) in [6, 6.07) is 0. The van der Waals surface area contributed by atoms with E-state index in [2.05, 4.69) is 6.92 Å². The van der Waals surface area contributed by atoms with Crippen LogP contribution in [-0.2, 0) is 9.53 Å². The number of ether oxygens (including phenoxy) is 1. The Labute approximate surface area is 104 Å². The second kappa shape index (κ2) is 7.67. The Bertz CT molecular complexity index is 231. The lowest BCUT2D eigenvalue weighted by molar-refractivity contribution is -0.139.